The maximum Gasteiger partial charge on any atom is 0.224 e. The molecule has 1 aromatic heterocycles. The van der Waals surface area contributed by atoms with Crippen LogP contribution in [0.1, 0.15) is 25.7 Å². The molecule has 6 nitrogen and oxygen atoms in total. The highest BCUT2D eigenvalue weighted by Crippen LogP contribution is 2.15. The normalized spacial score (nSPS) is 23.6. The van der Waals surface area contributed by atoms with Gasteiger partial charge in [-0.2, -0.15) is 5.10 Å². The van der Waals surface area contributed by atoms with E-state index in [1.807, 2.05) is 21.8 Å². The zero-order chi connectivity index (χ0) is 15.2. The van der Waals surface area contributed by atoms with Gasteiger partial charge in [-0.05, 0) is 31.9 Å². The molecule has 3 rings (SSSR count). The van der Waals surface area contributed by atoms with Gasteiger partial charge in [-0.3, -0.25) is 14.4 Å². The number of ether oxygens (including phenoxy) is 1. The van der Waals surface area contributed by atoms with Gasteiger partial charge in [0.25, 0.3) is 0 Å². The Morgan fingerprint density at radius 2 is 2.18 bits per heavy atom. The van der Waals surface area contributed by atoms with Crippen molar-refractivity contribution in [2.45, 2.75) is 38.3 Å². The number of nitrogens with zero attached hydrogens (tertiary/aromatic N) is 4. The number of rotatable bonds is 5. The summed E-state index contributed by atoms with van der Waals surface area (Å²) in [6.45, 7) is 6.36. The molecule has 0 aromatic carbocycles. The molecule has 2 fully saturated rings. The van der Waals surface area contributed by atoms with E-state index >= 15 is 0 Å². The highest BCUT2D eigenvalue weighted by molar-refractivity contribution is 5.76. The first-order valence-electron chi connectivity index (χ1n) is 8.40. The van der Waals surface area contributed by atoms with Crippen LogP contribution in [0, 0.1) is 0 Å². The van der Waals surface area contributed by atoms with Crippen LogP contribution < -0.4 is 0 Å². The maximum atomic E-state index is 12.3. The number of carbonyl (C=O) groups excluding carboxylic acids is 1. The molecule has 1 aromatic rings. The molecule has 0 saturated carbocycles. The first-order chi connectivity index (χ1) is 10.8. The van der Waals surface area contributed by atoms with E-state index in [-0.39, 0.29) is 5.91 Å². The summed E-state index contributed by atoms with van der Waals surface area (Å²) in [6, 6.07) is 1.89. The minimum Gasteiger partial charge on any atom is -0.377 e. The van der Waals surface area contributed by atoms with Crippen LogP contribution in [0.4, 0.5) is 0 Å². The average Bonchev–Trinajstić information content (AvgIpc) is 3.16. The Hall–Kier alpha value is -1.40. The summed E-state index contributed by atoms with van der Waals surface area (Å²) in [5, 5.41) is 4.15. The third-order valence-corrected chi connectivity index (χ3v) is 4.54. The fourth-order valence-corrected chi connectivity index (χ4v) is 3.28. The molecule has 0 spiro atoms. The Labute approximate surface area is 132 Å². The van der Waals surface area contributed by atoms with Crippen LogP contribution in [0.15, 0.2) is 18.5 Å². The predicted octanol–water partition coefficient (Wildman–Crippen LogP) is 0.987. The topological polar surface area (TPSA) is 50.6 Å². The second-order valence-corrected chi connectivity index (χ2v) is 6.19. The zero-order valence-electron chi connectivity index (χ0n) is 13.2. The van der Waals surface area contributed by atoms with Crippen molar-refractivity contribution in [3.8, 4) is 0 Å². The van der Waals surface area contributed by atoms with Gasteiger partial charge in [0, 0.05) is 58.1 Å². The van der Waals surface area contributed by atoms with Crippen LogP contribution in [0.5, 0.6) is 0 Å². The van der Waals surface area contributed by atoms with Crippen molar-refractivity contribution in [2.24, 2.45) is 0 Å². The van der Waals surface area contributed by atoms with Crippen molar-refractivity contribution in [1.29, 1.82) is 0 Å². The van der Waals surface area contributed by atoms with Crippen LogP contribution in [-0.2, 0) is 16.1 Å². The molecule has 0 bridgehead atoms. The van der Waals surface area contributed by atoms with Crippen molar-refractivity contribution in [1.82, 2.24) is 19.6 Å². The first-order valence-corrected chi connectivity index (χ1v) is 8.40. The highest BCUT2D eigenvalue weighted by atomic mass is 16.5. The van der Waals surface area contributed by atoms with Gasteiger partial charge in [0.05, 0.1) is 6.10 Å². The van der Waals surface area contributed by atoms with Gasteiger partial charge < -0.3 is 9.64 Å². The summed E-state index contributed by atoms with van der Waals surface area (Å²) in [4.78, 5) is 16.8. The molecule has 2 saturated heterocycles. The molecular weight excluding hydrogens is 280 g/mol. The van der Waals surface area contributed by atoms with E-state index in [9.17, 15) is 4.79 Å². The van der Waals surface area contributed by atoms with Gasteiger partial charge in [-0.25, -0.2) is 0 Å². The van der Waals surface area contributed by atoms with Crippen molar-refractivity contribution in [2.75, 3.05) is 39.3 Å². The Morgan fingerprint density at radius 1 is 1.23 bits per heavy atom. The monoisotopic (exact) mass is 306 g/mol. The van der Waals surface area contributed by atoms with Crippen molar-refractivity contribution in [3.05, 3.63) is 18.5 Å². The summed E-state index contributed by atoms with van der Waals surface area (Å²) in [6.07, 6.45) is 8.02. The molecule has 1 atom stereocenters. The summed E-state index contributed by atoms with van der Waals surface area (Å²) < 4.78 is 7.54. The molecule has 0 aliphatic carbocycles. The molecule has 0 N–H and O–H groups in total. The molecule has 6 heteroatoms. The molecule has 22 heavy (non-hydrogen) atoms. The molecule has 1 amide bonds. The van der Waals surface area contributed by atoms with Gasteiger partial charge in [0.15, 0.2) is 0 Å². The van der Waals surface area contributed by atoms with Crippen molar-refractivity contribution in [3.63, 3.8) is 0 Å². The van der Waals surface area contributed by atoms with E-state index in [0.29, 0.717) is 19.1 Å². The van der Waals surface area contributed by atoms with Crippen molar-refractivity contribution < 1.29 is 9.53 Å². The van der Waals surface area contributed by atoms with Crippen LogP contribution in [0.3, 0.4) is 0 Å². The van der Waals surface area contributed by atoms with Gasteiger partial charge in [-0.1, -0.05) is 0 Å². The SMILES string of the molecule is O=C(CCn1cccn1)N1CCCN(C[C@H]2CCCO2)CC1. The number of aromatic nitrogens is 2. The van der Waals surface area contributed by atoms with Gasteiger partial charge in [-0.15, -0.1) is 0 Å². The Bertz CT molecular complexity index is 457. The lowest BCUT2D eigenvalue weighted by atomic mass is 10.2. The molecule has 0 unspecified atom stereocenters. The standard InChI is InChI=1S/C16H26N4O2/c21-16(5-10-20-9-2-6-17-20)19-8-3-7-18(11-12-19)14-15-4-1-13-22-15/h2,6,9,15H,1,3-5,7-8,10-14H2/t15-/m1/s1. The van der Waals surface area contributed by atoms with Crippen LogP contribution >= 0.6 is 0 Å². The van der Waals surface area contributed by atoms with E-state index in [4.69, 9.17) is 4.74 Å². The number of carbonyl (C=O) groups is 1. The lowest BCUT2D eigenvalue weighted by Gasteiger charge is -2.24. The van der Waals surface area contributed by atoms with Crippen LogP contribution in [-0.4, -0.2) is 70.9 Å². The largest absolute Gasteiger partial charge is 0.377 e. The minimum absolute atomic E-state index is 0.245. The quantitative estimate of drug-likeness (QED) is 0.814. The molecule has 122 valence electrons. The summed E-state index contributed by atoms with van der Waals surface area (Å²) in [5.41, 5.74) is 0. The van der Waals surface area contributed by atoms with E-state index in [2.05, 4.69) is 10.00 Å². The van der Waals surface area contributed by atoms with E-state index in [1.54, 1.807) is 6.20 Å². The first kappa shape index (κ1) is 15.5. The lowest BCUT2D eigenvalue weighted by Crippen LogP contribution is -2.37. The van der Waals surface area contributed by atoms with Crippen LogP contribution in [0.25, 0.3) is 0 Å². The average molecular weight is 306 g/mol. The molecule has 3 heterocycles. The Morgan fingerprint density at radius 3 is 2.95 bits per heavy atom. The molecule has 0 radical (unpaired) electrons. The lowest BCUT2D eigenvalue weighted by molar-refractivity contribution is -0.131. The minimum atomic E-state index is 0.245. The van der Waals surface area contributed by atoms with E-state index in [0.717, 1.165) is 45.8 Å². The number of hydrogen-bond donors (Lipinski definition) is 0. The van der Waals surface area contributed by atoms with Gasteiger partial charge in [0.1, 0.15) is 0 Å². The smallest absolute Gasteiger partial charge is 0.224 e. The molecule has 2 aliphatic heterocycles. The fourth-order valence-electron chi connectivity index (χ4n) is 3.28. The number of amides is 1. The molecular formula is C16H26N4O2. The zero-order valence-corrected chi connectivity index (χ0v) is 13.2. The number of hydrogen-bond acceptors (Lipinski definition) is 4. The van der Waals surface area contributed by atoms with Crippen molar-refractivity contribution >= 4 is 5.91 Å². The predicted molar refractivity (Wildman–Crippen MR) is 83.5 cm³/mol. The molecule has 2 aliphatic rings. The third-order valence-electron chi connectivity index (χ3n) is 4.54. The third kappa shape index (κ3) is 4.30. The van der Waals surface area contributed by atoms with E-state index in [1.165, 1.54) is 12.8 Å². The Kier molecular flexibility index (Phi) is 5.45. The summed E-state index contributed by atoms with van der Waals surface area (Å²) >= 11 is 0. The summed E-state index contributed by atoms with van der Waals surface area (Å²) in [5.74, 6) is 0.245. The summed E-state index contributed by atoms with van der Waals surface area (Å²) in [7, 11) is 0. The fraction of sp³-hybridized carbons (Fsp3) is 0.750. The second kappa shape index (κ2) is 7.74. The Balaban J connectivity index is 1.42. The van der Waals surface area contributed by atoms with Crippen LogP contribution in [0.2, 0.25) is 0 Å². The van der Waals surface area contributed by atoms with Gasteiger partial charge >= 0.3 is 0 Å². The van der Waals surface area contributed by atoms with E-state index < -0.39 is 0 Å². The highest BCUT2D eigenvalue weighted by Gasteiger charge is 2.23. The van der Waals surface area contributed by atoms with Gasteiger partial charge in [0.2, 0.25) is 5.91 Å². The second-order valence-electron chi connectivity index (χ2n) is 6.19. The maximum absolute atomic E-state index is 12.3. The number of aryl methyl sites for hydroxylation is 1.